The molecule has 174 valence electrons. The van der Waals surface area contributed by atoms with Crippen LogP contribution in [0.15, 0.2) is 67.4 Å². The normalized spacial score (nSPS) is 10.7. The van der Waals surface area contributed by atoms with Crippen molar-refractivity contribution in [3.05, 3.63) is 84.6 Å². The summed E-state index contributed by atoms with van der Waals surface area (Å²) in [5, 5.41) is 5.91. The quantitative estimate of drug-likeness (QED) is 0.349. The Morgan fingerprint density at radius 3 is 2.38 bits per heavy atom. The number of methoxy groups -OCH3 is 2. The van der Waals surface area contributed by atoms with Crippen LogP contribution in [0.5, 0.6) is 11.5 Å². The Morgan fingerprint density at radius 1 is 1.06 bits per heavy atom. The molecule has 4 rings (SSSR count). The number of ether oxygens (including phenoxy) is 2. The van der Waals surface area contributed by atoms with E-state index >= 15 is 0 Å². The van der Waals surface area contributed by atoms with Crippen LogP contribution in [0.1, 0.15) is 5.56 Å². The lowest BCUT2D eigenvalue weighted by Crippen LogP contribution is -2.09. The van der Waals surface area contributed by atoms with Crippen molar-refractivity contribution in [1.29, 1.82) is 0 Å². The van der Waals surface area contributed by atoms with Crippen molar-refractivity contribution in [1.82, 2.24) is 9.55 Å². The Balaban J connectivity index is 1.64. The van der Waals surface area contributed by atoms with E-state index in [0.29, 0.717) is 28.2 Å². The zero-order valence-corrected chi connectivity index (χ0v) is 18.6. The average molecular weight is 464 g/mol. The summed E-state index contributed by atoms with van der Waals surface area (Å²) in [4.78, 5) is 16.3. The van der Waals surface area contributed by atoms with Crippen LogP contribution < -0.4 is 20.1 Å². The van der Waals surface area contributed by atoms with Crippen molar-refractivity contribution in [3.8, 4) is 11.5 Å². The van der Waals surface area contributed by atoms with E-state index < -0.39 is 11.6 Å². The van der Waals surface area contributed by atoms with Crippen LogP contribution in [-0.4, -0.2) is 29.7 Å². The Hall–Kier alpha value is -4.40. The number of halogens is 2. The number of anilines is 3. The molecule has 0 saturated carbocycles. The van der Waals surface area contributed by atoms with Gasteiger partial charge in [0.2, 0.25) is 5.91 Å². The molecule has 2 heterocycles. The smallest absolute Gasteiger partial charge is 0.247 e. The minimum absolute atomic E-state index is 0.0837. The van der Waals surface area contributed by atoms with E-state index in [9.17, 15) is 13.6 Å². The standard InChI is InChI=1S/C25H22F2N4O3/c1-4-23(32)30-17-8-6-5-7-16(17)28-22-10-9-19-18(29-22)11-12-31(19)14-15-24(26)20(33-2)13-21(34-3)25(15)27/h4-13H,1,14H2,2-3H3,(H,28,29)(H,30,32). The topological polar surface area (TPSA) is 77.4 Å². The highest BCUT2D eigenvalue weighted by Crippen LogP contribution is 2.33. The molecule has 0 aliphatic carbocycles. The van der Waals surface area contributed by atoms with Crippen molar-refractivity contribution >= 4 is 34.1 Å². The molecule has 0 bridgehead atoms. The van der Waals surface area contributed by atoms with Gasteiger partial charge in [0.1, 0.15) is 5.82 Å². The van der Waals surface area contributed by atoms with Gasteiger partial charge in [-0.2, -0.15) is 0 Å². The van der Waals surface area contributed by atoms with Crippen LogP contribution in [0.3, 0.4) is 0 Å². The van der Waals surface area contributed by atoms with E-state index in [-0.39, 0.29) is 29.5 Å². The molecule has 0 unspecified atom stereocenters. The molecule has 2 N–H and O–H groups in total. The number of pyridine rings is 1. The number of carbonyl (C=O) groups is 1. The third-order valence-corrected chi connectivity index (χ3v) is 5.25. The van der Waals surface area contributed by atoms with E-state index in [2.05, 4.69) is 22.2 Å². The highest BCUT2D eigenvalue weighted by atomic mass is 19.1. The second-order valence-electron chi connectivity index (χ2n) is 7.30. The Bertz CT molecular complexity index is 1360. The van der Waals surface area contributed by atoms with Crippen LogP contribution in [0.2, 0.25) is 0 Å². The molecule has 2 aromatic carbocycles. The summed E-state index contributed by atoms with van der Waals surface area (Å²) in [5.41, 5.74) is 2.34. The van der Waals surface area contributed by atoms with Crippen LogP contribution in [0.4, 0.5) is 26.0 Å². The average Bonchev–Trinajstić information content (AvgIpc) is 3.25. The van der Waals surface area contributed by atoms with E-state index in [1.165, 1.54) is 26.4 Å². The molecule has 34 heavy (non-hydrogen) atoms. The maximum atomic E-state index is 14.8. The summed E-state index contributed by atoms with van der Waals surface area (Å²) in [6, 6.07) is 13.6. The van der Waals surface area contributed by atoms with Crippen molar-refractivity contribution in [3.63, 3.8) is 0 Å². The maximum Gasteiger partial charge on any atom is 0.247 e. The second-order valence-corrected chi connectivity index (χ2v) is 7.30. The number of aromatic nitrogens is 2. The van der Waals surface area contributed by atoms with Gasteiger partial charge in [0.05, 0.1) is 48.7 Å². The van der Waals surface area contributed by atoms with Crippen LogP contribution in [-0.2, 0) is 11.3 Å². The fourth-order valence-corrected chi connectivity index (χ4v) is 3.55. The molecule has 4 aromatic rings. The lowest BCUT2D eigenvalue weighted by molar-refractivity contribution is -0.111. The van der Waals surface area contributed by atoms with E-state index in [0.717, 1.165) is 0 Å². The summed E-state index contributed by atoms with van der Waals surface area (Å²) in [5.74, 6) is -1.57. The summed E-state index contributed by atoms with van der Waals surface area (Å²) >= 11 is 0. The van der Waals surface area contributed by atoms with Gasteiger partial charge in [-0.1, -0.05) is 18.7 Å². The van der Waals surface area contributed by atoms with Gasteiger partial charge in [-0.15, -0.1) is 0 Å². The number of hydrogen-bond acceptors (Lipinski definition) is 5. The molecule has 0 radical (unpaired) electrons. The van der Waals surface area contributed by atoms with Crippen molar-refractivity contribution in [2.45, 2.75) is 6.54 Å². The molecule has 0 aliphatic rings. The lowest BCUT2D eigenvalue weighted by Gasteiger charge is -2.14. The minimum atomic E-state index is -0.785. The third kappa shape index (κ3) is 4.40. The molecule has 1 amide bonds. The predicted octanol–water partition coefficient (Wildman–Crippen LogP) is 5.25. The summed E-state index contributed by atoms with van der Waals surface area (Å²) < 4.78 is 41.3. The molecule has 0 aliphatic heterocycles. The number of rotatable bonds is 8. The van der Waals surface area contributed by atoms with Crippen molar-refractivity contribution in [2.24, 2.45) is 0 Å². The molecular weight excluding hydrogens is 442 g/mol. The number of carbonyl (C=O) groups excluding carboxylic acids is 1. The monoisotopic (exact) mass is 464 g/mol. The zero-order chi connectivity index (χ0) is 24.2. The van der Waals surface area contributed by atoms with E-state index in [1.54, 1.807) is 47.2 Å². The van der Waals surface area contributed by atoms with E-state index in [1.807, 2.05) is 6.07 Å². The largest absolute Gasteiger partial charge is 0.494 e. The summed E-state index contributed by atoms with van der Waals surface area (Å²) in [6.45, 7) is 3.38. The molecule has 0 atom stereocenters. The molecule has 9 heteroatoms. The van der Waals surface area contributed by atoms with Gasteiger partial charge >= 0.3 is 0 Å². The summed E-state index contributed by atoms with van der Waals surface area (Å²) in [7, 11) is 2.62. The highest BCUT2D eigenvalue weighted by Gasteiger charge is 2.21. The first-order valence-electron chi connectivity index (χ1n) is 10.3. The fourth-order valence-electron chi connectivity index (χ4n) is 3.55. The molecule has 0 fully saturated rings. The van der Waals surface area contributed by atoms with Gasteiger partial charge < -0.3 is 24.7 Å². The van der Waals surface area contributed by atoms with Gasteiger partial charge in [-0.05, 0) is 36.4 Å². The van der Waals surface area contributed by atoms with Crippen LogP contribution in [0, 0.1) is 11.6 Å². The number of para-hydroxylation sites is 2. The fraction of sp³-hybridized carbons (Fsp3) is 0.120. The summed E-state index contributed by atoms with van der Waals surface area (Å²) in [6.07, 6.45) is 2.89. The van der Waals surface area contributed by atoms with Gasteiger partial charge in [-0.3, -0.25) is 4.79 Å². The Kier molecular flexibility index (Phi) is 6.44. The van der Waals surface area contributed by atoms with Gasteiger partial charge in [0.15, 0.2) is 23.1 Å². The maximum absolute atomic E-state index is 14.8. The number of amides is 1. The molecule has 0 spiro atoms. The highest BCUT2D eigenvalue weighted by molar-refractivity contribution is 6.01. The Morgan fingerprint density at radius 2 is 1.74 bits per heavy atom. The van der Waals surface area contributed by atoms with Gasteiger partial charge in [-0.25, -0.2) is 13.8 Å². The Labute approximate surface area is 194 Å². The SMILES string of the molecule is C=CC(=O)Nc1ccccc1Nc1ccc2c(ccn2Cc2c(F)c(OC)cc(OC)c2F)n1. The molecule has 7 nitrogen and oxygen atoms in total. The number of nitrogens with one attached hydrogen (secondary N) is 2. The third-order valence-electron chi connectivity index (χ3n) is 5.25. The first kappa shape index (κ1) is 22.8. The minimum Gasteiger partial charge on any atom is -0.494 e. The first-order valence-corrected chi connectivity index (χ1v) is 10.3. The zero-order valence-electron chi connectivity index (χ0n) is 18.6. The second kappa shape index (κ2) is 9.62. The molecule has 0 saturated heterocycles. The van der Waals surface area contributed by atoms with Gasteiger partial charge in [0.25, 0.3) is 0 Å². The van der Waals surface area contributed by atoms with E-state index in [4.69, 9.17) is 9.47 Å². The molecular formula is C25H22F2N4O3. The van der Waals surface area contributed by atoms with Crippen molar-refractivity contribution < 1.29 is 23.0 Å². The number of benzene rings is 2. The number of fused-ring (bicyclic) bond motifs is 1. The van der Waals surface area contributed by atoms with Crippen molar-refractivity contribution in [2.75, 3.05) is 24.9 Å². The number of nitrogens with zero attached hydrogens (tertiary/aromatic N) is 2. The number of hydrogen-bond donors (Lipinski definition) is 2. The van der Waals surface area contributed by atoms with Gasteiger partial charge in [0, 0.05) is 12.3 Å². The first-order chi connectivity index (χ1) is 16.4. The molecule has 2 aromatic heterocycles. The van der Waals surface area contributed by atoms with Crippen LogP contribution >= 0.6 is 0 Å². The van der Waals surface area contributed by atoms with Crippen LogP contribution in [0.25, 0.3) is 11.0 Å². The lowest BCUT2D eigenvalue weighted by atomic mass is 10.1. The predicted molar refractivity (Wildman–Crippen MR) is 127 cm³/mol.